The van der Waals surface area contributed by atoms with Crippen molar-refractivity contribution in [3.8, 4) is 5.75 Å². The number of carbonyl (C=O) groups is 1. The first kappa shape index (κ1) is 21.6. The SMILES string of the molecule is Cc1cc(Cl)ccc1OCC(=O)Nc1cc(C(C)(C)C)nn1[C@@H]1CCS(=O)(=O)C1. The lowest BCUT2D eigenvalue weighted by Crippen LogP contribution is -2.24. The third kappa shape index (κ3) is 5.30. The average molecular weight is 440 g/mol. The van der Waals surface area contributed by atoms with E-state index in [1.807, 2.05) is 27.7 Å². The highest BCUT2D eigenvalue weighted by Gasteiger charge is 2.32. The van der Waals surface area contributed by atoms with E-state index >= 15 is 0 Å². The van der Waals surface area contributed by atoms with Gasteiger partial charge in [-0.15, -0.1) is 0 Å². The van der Waals surface area contributed by atoms with Crippen LogP contribution in [0.3, 0.4) is 0 Å². The van der Waals surface area contributed by atoms with Crippen molar-refractivity contribution >= 4 is 33.2 Å². The van der Waals surface area contributed by atoms with Crippen LogP contribution in [0.2, 0.25) is 5.02 Å². The molecule has 1 atom stereocenters. The van der Waals surface area contributed by atoms with E-state index < -0.39 is 9.84 Å². The third-order valence-electron chi connectivity index (χ3n) is 4.82. The predicted octanol–water partition coefficient (Wildman–Crippen LogP) is 3.52. The Hall–Kier alpha value is -2.06. The van der Waals surface area contributed by atoms with Crippen LogP contribution in [0.5, 0.6) is 5.75 Å². The molecule has 2 aromatic rings. The number of hydrogen-bond donors (Lipinski definition) is 1. The number of hydrogen-bond acceptors (Lipinski definition) is 5. The van der Waals surface area contributed by atoms with Gasteiger partial charge in [0.25, 0.3) is 5.91 Å². The van der Waals surface area contributed by atoms with Gasteiger partial charge in [0.15, 0.2) is 16.4 Å². The third-order valence-corrected chi connectivity index (χ3v) is 6.81. The maximum absolute atomic E-state index is 12.5. The quantitative estimate of drug-likeness (QED) is 0.769. The number of aromatic nitrogens is 2. The Labute approximate surface area is 176 Å². The predicted molar refractivity (Wildman–Crippen MR) is 114 cm³/mol. The molecule has 1 saturated heterocycles. The van der Waals surface area contributed by atoms with Crippen molar-refractivity contribution in [3.05, 3.63) is 40.5 Å². The molecule has 0 bridgehead atoms. The molecule has 9 heteroatoms. The zero-order valence-electron chi connectivity index (χ0n) is 17.0. The van der Waals surface area contributed by atoms with E-state index in [9.17, 15) is 13.2 Å². The topological polar surface area (TPSA) is 90.3 Å². The van der Waals surface area contributed by atoms with Gasteiger partial charge in [0.1, 0.15) is 11.6 Å². The van der Waals surface area contributed by atoms with Crippen LogP contribution in [0.15, 0.2) is 24.3 Å². The number of anilines is 1. The number of nitrogens with one attached hydrogen (secondary N) is 1. The highest BCUT2D eigenvalue weighted by atomic mass is 35.5. The number of aryl methyl sites for hydroxylation is 1. The second kappa shape index (κ2) is 7.99. The standard InChI is InChI=1S/C20H26ClN3O4S/c1-13-9-14(21)5-6-16(13)28-11-19(25)22-18-10-17(20(2,3)4)23-24(18)15-7-8-29(26,27)12-15/h5-6,9-10,15H,7-8,11-12H2,1-4H3,(H,22,25)/t15-/m1/s1. The van der Waals surface area contributed by atoms with Gasteiger partial charge in [-0.1, -0.05) is 32.4 Å². The number of halogens is 1. The fourth-order valence-electron chi connectivity index (χ4n) is 3.20. The molecule has 0 radical (unpaired) electrons. The lowest BCUT2D eigenvalue weighted by Gasteiger charge is -2.16. The Balaban J connectivity index is 1.76. The van der Waals surface area contributed by atoms with E-state index in [-0.39, 0.29) is 35.5 Å². The summed E-state index contributed by atoms with van der Waals surface area (Å²) in [5, 5.41) is 8.03. The summed E-state index contributed by atoms with van der Waals surface area (Å²) in [6, 6.07) is 6.70. The van der Waals surface area contributed by atoms with Gasteiger partial charge < -0.3 is 10.1 Å². The summed E-state index contributed by atoms with van der Waals surface area (Å²) in [4.78, 5) is 12.5. The van der Waals surface area contributed by atoms with Gasteiger partial charge in [-0.25, -0.2) is 13.1 Å². The summed E-state index contributed by atoms with van der Waals surface area (Å²) >= 11 is 5.94. The molecule has 7 nitrogen and oxygen atoms in total. The molecule has 1 fully saturated rings. The van der Waals surface area contributed by atoms with Gasteiger partial charge >= 0.3 is 0 Å². The number of ether oxygens (including phenoxy) is 1. The van der Waals surface area contributed by atoms with Gasteiger partial charge in [-0.2, -0.15) is 5.10 Å². The van der Waals surface area contributed by atoms with Crippen molar-refractivity contribution in [2.24, 2.45) is 0 Å². The minimum absolute atomic E-state index is 0.0294. The van der Waals surface area contributed by atoms with Gasteiger partial charge in [-0.05, 0) is 37.1 Å². The Morgan fingerprint density at radius 2 is 2.07 bits per heavy atom. The second-order valence-corrected chi connectivity index (χ2v) is 11.1. The largest absolute Gasteiger partial charge is 0.483 e. The van der Waals surface area contributed by atoms with E-state index in [0.29, 0.717) is 23.0 Å². The summed E-state index contributed by atoms with van der Waals surface area (Å²) in [7, 11) is -3.08. The maximum atomic E-state index is 12.5. The summed E-state index contributed by atoms with van der Waals surface area (Å²) in [6.45, 7) is 7.72. The molecule has 29 heavy (non-hydrogen) atoms. The van der Waals surface area contributed by atoms with Crippen LogP contribution >= 0.6 is 11.6 Å². The zero-order chi connectivity index (χ0) is 21.4. The van der Waals surface area contributed by atoms with Crippen molar-refractivity contribution in [2.75, 3.05) is 23.4 Å². The van der Waals surface area contributed by atoms with E-state index in [2.05, 4.69) is 10.4 Å². The van der Waals surface area contributed by atoms with Gasteiger partial charge in [0.05, 0.1) is 23.2 Å². The Kier molecular flexibility index (Phi) is 5.96. The number of benzene rings is 1. The molecule has 2 heterocycles. The number of sulfone groups is 1. The van der Waals surface area contributed by atoms with Gasteiger partial charge in [-0.3, -0.25) is 4.79 Å². The number of amides is 1. The molecule has 0 spiro atoms. The van der Waals surface area contributed by atoms with Crippen LogP contribution in [0.25, 0.3) is 0 Å². The van der Waals surface area contributed by atoms with Crippen molar-refractivity contribution in [1.82, 2.24) is 9.78 Å². The highest BCUT2D eigenvalue weighted by molar-refractivity contribution is 7.91. The molecule has 1 N–H and O–H groups in total. The maximum Gasteiger partial charge on any atom is 0.263 e. The summed E-state index contributed by atoms with van der Waals surface area (Å²) in [6.07, 6.45) is 0.483. The van der Waals surface area contributed by atoms with Crippen molar-refractivity contribution in [2.45, 2.75) is 45.6 Å². The van der Waals surface area contributed by atoms with Gasteiger partial charge in [0.2, 0.25) is 0 Å². The fourth-order valence-corrected chi connectivity index (χ4v) is 5.12. The lowest BCUT2D eigenvalue weighted by molar-refractivity contribution is -0.118. The molecule has 0 unspecified atom stereocenters. The number of rotatable bonds is 5. The first-order valence-electron chi connectivity index (χ1n) is 9.44. The normalized spacial score (nSPS) is 18.6. The minimum Gasteiger partial charge on any atom is -0.483 e. The van der Waals surface area contributed by atoms with Crippen LogP contribution in [0, 0.1) is 6.92 Å². The molecule has 1 aliphatic heterocycles. The Morgan fingerprint density at radius 1 is 1.34 bits per heavy atom. The first-order chi connectivity index (χ1) is 13.4. The lowest BCUT2D eigenvalue weighted by atomic mass is 9.92. The molecule has 1 aromatic heterocycles. The van der Waals surface area contributed by atoms with Gasteiger partial charge in [0, 0.05) is 16.5 Å². The molecule has 1 aliphatic rings. The minimum atomic E-state index is -3.08. The van der Waals surface area contributed by atoms with Crippen LogP contribution in [0.1, 0.15) is 44.5 Å². The van der Waals surface area contributed by atoms with Crippen molar-refractivity contribution in [1.29, 1.82) is 0 Å². The summed E-state index contributed by atoms with van der Waals surface area (Å²) < 4.78 is 31.1. The van der Waals surface area contributed by atoms with Crippen LogP contribution in [0.4, 0.5) is 5.82 Å². The smallest absolute Gasteiger partial charge is 0.263 e. The molecule has 1 aromatic carbocycles. The average Bonchev–Trinajstić information content (AvgIpc) is 3.17. The molecular formula is C20H26ClN3O4S. The molecular weight excluding hydrogens is 414 g/mol. The molecule has 0 aliphatic carbocycles. The Bertz CT molecular complexity index is 1020. The molecule has 0 saturated carbocycles. The van der Waals surface area contributed by atoms with E-state index in [4.69, 9.17) is 16.3 Å². The summed E-state index contributed by atoms with van der Waals surface area (Å²) in [5.74, 6) is 0.881. The van der Waals surface area contributed by atoms with Crippen LogP contribution in [-0.4, -0.2) is 42.2 Å². The second-order valence-electron chi connectivity index (χ2n) is 8.41. The van der Waals surface area contributed by atoms with Crippen molar-refractivity contribution < 1.29 is 17.9 Å². The highest BCUT2D eigenvalue weighted by Crippen LogP contribution is 2.31. The monoisotopic (exact) mass is 439 g/mol. The number of nitrogens with zero attached hydrogens (tertiary/aromatic N) is 2. The number of carbonyl (C=O) groups excluding carboxylic acids is 1. The van der Waals surface area contributed by atoms with E-state index in [0.717, 1.165) is 11.3 Å². The molecule has 1 amide bonds. The van der Waals surface area contributed by atoms with Crippen LogP contribution < -0.4 is 10.1 Å². The van der Waals surface area contributed by atoms with Crippen LogP contribution in [-0.2, 0) is 20.0 Å². The summed E-state index contributed by atoms with van der Waals surface area (Å²) in [5.41, 5.74) is 1.38. The zero-order valence-corrected chi connectivity index (χ0v) is 18.6. The van der Waals surface area contributed by atoms with E-state index in [1.54, 1.807) is 28.9 Å². The fraction of sp³-hybridized carbons (Fsp3) is 0.500. The molecule has 158 valence electrons. The molecule has 3 rings (SSSR count). The van der Waals surface area contributed by atoms with Crippen molar-refractivity contribution in [3.63, 3.8) is 0 Å². The van der Waals surface area contributed by atoms with E-state index in [1.165, 1.54) is 0 Å². The first-order valence-corrected chi connectivity index (χ1v) is 11.6. The Morgan fingerprint density at radius 3 is 2.66 bits per heavy atom.